The van der Waals surface area contributed by atoms with Crippen LogP contribution in [0.25, 0.3) is 11.1 Å². The van der Waals surface area contributed by atoms with E-state index in [9.17, 15) is 0 Å². The van der Waals surface area contributed by atoms with Gasteiger partial charge in [-0.2, -0.15) is 23.8 Å². The van der Waals surface area contributed by atoms with Gasteiger partial charge in [0.2, 0.25) is 0 Å². The van der Waals surface area contributed by atoms with Crippen molar-refractivity contribution in [3.05, 3.63) is 153 Å². The summed E-state index contributed by atoms with van der Waals surface area (Å²) in [5.74, 6) is 1.20. The fourth-order valence-electron chi connectivity index (χ4n) is 6.60. The van der Waals surface area contributed by atoms with Crippen molar-refractivity contribution in [2.24, 2.45) is 0 Å². The van der Waals surface area contributed by atoms with Gasteiger partial charge in [-0.25, -0.2) is 12.2 Å². The molecule has 4 aromatic rings. The Morgan fingerprint density at radius 2 is 1.16 bits per heavy atom. The van der Waals surface area contributed by atoms with Gasteiger partial charge >= 0.3 is 138 Å². The maximum atomic E-state index is 3.69. The van der Waals surface area contributed by atoms with Gasteiger partial charge in [0.15, 0.2) is 0 Å². The Labute approximate surface area is 332 Å². The van der Waals surface area contributed by atoms with E-state index in [1.165, 1.54) is 94.2 Å². The molecular weight excluding hydrogens is 727 g/mol. The van der Waals surface area contributed by atoms with Crippen molar-refractivity contribution in [2.75, 3.05) is 0 Å². The van der Waals surface area contributed by atoms with E-state index >= 15 is 0 Å². The molecule has 50 heavy (non-hydrogen) atoms. The molecule has 2 aliphatic carbocycles. The van der Waals surface area contributed by atoms with E-state index in [2.05, 4.69) is 168 Å². The number of fused-ring (bicyclic) bond motifs is 3. The molecule has 0 aliphatic heterocycles. The van der Waals surface area contributed by atoms with Crippen molar-refractivity contribution in [1.82, 2.24) is 0 Å². The molecule has 264 valence electrons. The SMILES string of the molecule is CC(C)c1ccc([C](=[Zr+2])c2ccc(C(C)C)cc2)cc1.Cc1[c-]c2c(cc1C(C)(C)C)-c1cc(C(C)(C)C)c(C)cc1C2.Cl.Cl.[C-]1=CC=CC1. The van der Waals surface area contributed by atoms with Crippen molar-refractivity contribution >= 4 is 28.0 Å². The minimum absolute atomic E-state index is 0. The Morgan fingerprint density at radius 3 is 1.54 bits per heavy atom. The largest absolute Gasteiger partial charge is 0.273 e. The monoisotopic (exact) mass is 782 g/mol. The fraction of sp³-hybridized carbons (Fsp3) is 0.383. The number of allylic oxidation sites excluding steroid dienone is 4. The predicted molar refractivity (Wildman–Crippen MR) is 221 cm³/mol. The van der Waals surface area contributed by atoms with Crippen LogP contribution in [0.3, 0.4) is 0 Å². The topological polar surface area (TPSA) is 0 Å². The van der Waals surface area contributed by atoms with Crippen molar-refractivity contribution < 1.29 is 24.2 Å². The maximum Gasteiger partial charge on any atom is -0.0129 e. The van der Waals surface area contributed by atoms with Gasteiger partial charge in [0, 0.05) is 0 Å². The Hall–Kier alpha value is -2.31. The van der Waals surface area contributed by atoms with Gasteiger partial charge < -0.3 is 0 Å². The molecule has 3 heteroatoms. The molecule has 0 radical (unpaired) electrons. The van der Waals surface area contributed by atoms with Crippen LogP contribution in [0.2, 0.25) is 0 Å². The normalized spacial score (nSPS) is 12.6. The molecule has 0 bridgehead atoms. The van der Waals surface area contributed by atoms with Crippen LogP contribution in [0.15, 0.2) is 85.0 Å². The molecule has 2 aliphatic rings. The first-order valence-electron chi connectivity index (χ1n) is 17.7. The van der Waals surface area contributed by atoms with E-state index in [0.29, 0.717) is 11.8 Å². The Balaban J connectivity index is 0.000000295. The van der Waals surface area contributed by atoms with E-state index in [1.807, 2.05) is 12.2 Å². The molecule has 0 saturated heterocycles. The van der Waals surface area contributed by atoms with Crippen molar-refractivity contribution in [1.29, 1.82) is 0 Å². The molecule has 6 rings (SSSR count). The van der Waals surface area contributed by atoms with E-state index in [-0.39, 0.29) is 35.6 Å². The van der Waals surface area contributed by atoms with Crippen molar-refractivity contribution in [3.8, 4) is 11.1 Å². The summed E-state index contributed by atoms with van der Waals surface area (Å²) in [7, 11) is 0. The quantitative estimate of drug-likeness (QED) is 0.159. The van der Waals surface area contributed by atoms with Crippen LogP contribution in [0, 0.1) is 26.0 Å². The average Bonchev–Trinajstić information content (AvgIpc) is 3.71. The minimum atomic E-state index is 0. The summed E-state index contributed by atoms with van der Waals surface area (Å²) in [4.78, 5) is 0. The number of benzene rings is 4. The van der Waals surface area contributed by atoms with E-state index in [4.69, 9.17) is 0 Å². The summed E-state index contributed by atoms with van der Waals surface area (Å²) in [5.41, 5.74) is 17.1. The van der Waals surface area contributed by atoms with Gasteiger partial charge in [0.25, 0.3) is 0 Å². The summed E-state index contributed by atoms with van der Waals surface area (Å²) in [6, 6.07) is 29.0. The first kappa shape index (κ1) is 43.9. The summed E-state index contributed by atoms with van der Waals surface area (Å²) < 4.78 is 1.43. The third-order valence-electron chi connectivity index (χ3n) is 9.40. The molecular formula is C47H58Cl2Zr. The predicted octanol–water partition coefficient (Wildman–Crippen LogP) is 13.5. The standard InChI is InChI=1S/C23H29.C19H22.C5H5.2ClH.Zr/c1-14-9-16-11-17-10-15(2)21(23(6,7)8)13-19(17)18(16)12-20(14)22(3,4)5;1-14(2)18-9-5-16(6-10-18)13-17-7-11-19(12-8-17)15(3)4;1-2-4-5-3-1;;;/h9,12-13H,11H2,1-8H3;5-12,14-15H,1-4H3;1-3H,4H2;2*1H;/q-1;;-1;;;+2. The number of rotatable bonds is 4. The number of hydrogen-bond donors (Lipinski definition) is 0. The van der Waals surface area contributed by atoms with Gasteiger partial charge in [0.1, 0.15) is 0 Å². The Morgan fingerprint density at radius 1 is 0.680 bits per heavy atom. The zero-order valence-corrected chi connectivity index (χ0v) is 36.6. The fourth-order valence-corrected chi connectivity index (χ4v) is 7.42. The van der Waals surface area contributed by atoms with Gasteiger partial charge in [-0.3, -0.25) is 6.08 Å². The van der Waals surface area contributed by atoms with Gasteiger partial charge in [-0.1, -0.05) is 71.6 Å². The van der Waals surface area contributed by atoms with Crippen LogP contribution in [0.4, 0.5) is 0 Å². The molecule has 0 N–H and O–H groups in total. The molecule has 0 heterocycles. The maximum absolute atomic E-state index is 3.69. The van der Waals surface area contributed by atoms with Crippen molar-refractivity contribution in [2.45, 2.75) is 119 Å². The van der Waals surface area contributed by atoms with E-state index in [0.717, 1.165) is 12.8 Å². The zero-order valence-electron chi connectivity index (χ0n) is 32.5. The average molecular weight is 785 g/mol. The van der Waals surface area contributed by atoms with Crippen LogP contribution in [-0.4, -0.2) is 3.21 Å². The minimum Gasteiger partial charge on any atom is -0.273 e. The smallest absolute Gasteiger partial charge is 0.0129 e. The molecule has 0 nitrogen and oxygen atoms in total. The summed E-state index contributed by atoms with van der Waals surface area (Å²) in [5, 5.41) is 0. The van der Waals surface area contributed by atoms with Crippen molar-refractivity contribution in [3.63, 3.8) is 0 Å². The summed E-state index contributed by atoms with van der Waals surface area (Å²) in [6.07, 6.45) is 11.0. The summed E-state index contributed by atoms with van der Waals surface area (Å²) >= 11 is 1.47. The van der Waals surface area contributed by atoms with E-state index < -0.39 is 0 Å². The first-order chi connectivity index (χ1) is 22.5. The third-order valence-corrected chi connectivity index (χ3v) is 10.8. The van der Waals surface area contributed by atoms with Gasteiger partial charge in [-0.05, 0) is 35.4 Å². The van der Waals surface area contributed by atoms with Crippen LogP contribution in [0.1, 0.15) is 143 Å². The van der Waals surface area contributed by atoms with Crippen LogP contribution < -0.4 is 0 Å². The summed E-state index contributed by atoms with van der Waals surface area (Å²) in [6.45, 7) is 27.2. The van der Waals surface area contributed by atoms with Crippen LogP contribution in [-0.2, 0) is 41.5 Å². The van der Waals surface area contributed by atoms with E-state index in [1.54, 1.807) is 0 Å². The second-order valence-corrected chi connectivity index (χ2v) is 17.4. The van der Waals surface area contributed by atoms with Crippen LogP contribution >= 0.6 is 24.8 Å². The number of aryl methyl sites for hydroxylation is 2. The molecule has 0 saturated carbocycles. The Bertz CT molecular complexity index is 1660. The number of hydrogen-bond acceptors (Lipinski definition) is 0. The zero-order chi connectivity index (χ0) is 35.4. The van der Waals surface area contributed by atoms with Gasteiger partial charge in [0.05, 0.1) is 0 Å². The van der Waals surface area contributed by atoms with Gasteiger partial charge in [-0.15, -0.1) is 47.9 Å². The first-order valence-corrected chi connectivity index (χ1v) is 18.9. The number of halogens is 2. The second-order valence-electron chi connectivity index (χ2n) is 16.1. The molecule has 4 aromatic carbocycles. The third kappa shape index (κ3) is 11.1. The molecule has 0 aromatic heterocycles. The van der Waals surface area contributed by atoms with Crippen LogP contribution in [0.5, 0.6) is 0 Å². The molecule has 0 atom stereocenters. The molecule has 0 amide bonds. The second kappa shape index (κ2) is 18.4. The molecule has 0 unspecified atom stereocenters. The molecule has 0 fully saturated rings. The Kier molecular flexibility index (Phi) is 16.2. The molecule has 0 spiro atoms.